The maximum Gasteiger partial charge on any atom is 0.115 e. The molecule has 0 radical (unpaired) electrons. The number of rotatable bonds is 1. The van der Waals surface area contributed by atoms with Crippen molar-refractivity contribution in [2.24, 2.45) is 0 Å². The van der Waals surface area contributed by atoms with E-state index in [9.17, 15) is 0 Å². The summed E-state index contributed by atoms with van der Waals surface area (Å²) < 4.78 is 5.34. The van der Waals surface area contributed by atoms with Gasteiger partial charge < -0.3 is 15.2 Å². The molecule has 1 aromatic rings. The van der Waals surface area contributed by atoms with Crippen LogP contribution in [-0.2, 0) is 4.74 Å². The number of halogens is 1. The highest BCUT2D eigenvalue weighted by atomic mass is 35.5. The molecule has 0 aliphatic carbocycles. The molecule has 1 fully saturated rings. The maximum absolute atomic E-state index is 9.10. The Morgan fingerprint density at radius 1 is 1.29 bits per heavy atom. The predicted molar refractivity (Wildman–Crippen MR) is 56.9 cm³/mol. The highest BCUT2D eigenvalue weighted by molar-refractivity contribution is 5.85. The zero-order valence-corrected chi connectivity index (χ0v) is 8.59. The molecule has 0 unspecified atom stereocenters. The van der Waals surface area contributed by atoms with Gasteiger partial charge in [0, 0.05) is 6.54 Å². The summed E-state index contributed by atoms with van der Waals surface area (Å²) >= 11 is 0. The molecule has 0 spiro atoms. The lowest BCUT2D eigenvalue weighted by molar-refractivity contribution is 0.0768. The lowest BCUT2D eigenvalue weighted by Crippen LogP contribution is -2.34. The molecule has 0 bridgehead atoms. The van der Waals surface area contributed by atoms with Gasteiger partial charge in [0.2, 0.25) is 0 Å². The van der Waals surface area contributed by atoms with Gasteiger partial charge in [-0.2, -0.15) is 0 Å². The first kappa shape index (κ1) is 11.3. The van der Waals surface area contributed by atoms with Crippen LogP contribution in [0.4, 0.5) is 0 Å². The van der Waals surface area contributed by atoms with Crippen molar-refractivity contribution in [1.29, 1.82) is 0 Å². The van der Waals surface area contributed by atoms with Crippen molar-refractivity contribution >= 4 is 12.4 Å². The number of phenols is 1. The number of aromatic hydroxyl groups is 1. The average molecular weight is 216 g/mol. The van der Waals surface area contributed by atoms with Crippen LogP contribution in [-0.4, -0.2) is 24.9 Å². The molecule has 78 valence electrons. The van der Waals surface area contributed by atoms with Crippen LogP contribution in [0.25, 0.3) is 0 Å². The Morgan fingerprint density at radius 3 is 2.57 bits per heavy atom. The van der Waals surface area contributed by atoms with E-state index in [2.05, 4.69) is 5.32 Å². The topological polar surface area (TPSA) is 41.5 Å². The van der Waals surface area contributed by atoms with E-state index in [1.807, 2.05) is 12.1 Å². The second-order valence-corrected chi connectivity index (χ2v) is 3.17. The van der Waals surface area contributed by atoms with Gasteiger partial charge in [-0.15, -0.1) is 12.4 Å². The molecule has 0 saturated carbocycles. The molecule has 4 heteroatoms. The quantitative estimate of drug-likeness (QED) is 0.746. The summed E-state index contributed by atoms with van der Waals surface area (Å²) in [5.74, 6) is 0.306. The number of morpholine rings is 1. The summed E-state index contributed by atoms with van der Waals surface area (Å²) in [5, 5.41) is 12.5. The van der Waals surface area contributed by atoms with Crippen molar-refractivity contribution in [3.8, 4) is 5.75 Å². The summed E-state index contributed by atoms with van der Waals surface area (Å²) in [6.07, 6.45) is 0. The van der Waals surface area contributed by atoms with Crippen LogP contribution in [0, 0.1) is 0 Å². The first-order valence-electron chi connectivity index (χ1n) is 4.46. The SMILES string of the molecule is Cl.Oc1ccc([C@@H]2COCCN2)cc1. The molecule has 0 amide bonds. The zero-order valence-electron chi connectivity index (χ0n) is 7.77. The monoisotopic (exact) mass is 215 g/mol. The van der Waals surface area contributed by atoms with Crippen LogP contribution < -0.4 is 5.32 Å². The Balaban J connectivity index is 0.000000980. The van der Waals surface area contributed by atoms with Gasteiger partial charge in [0.1, 0.15) is 5.75 Å². The summed E-state index contributed by atoms with van der Waals surface area (Å²) in [6.45, 7) is 2.39. The summed E-state index contributed by atoms with van der Waals surface area (Å²) in [5.41, 5.74) is 1.16. The van der Waals surface area contributed by atoms with Crippen molar-refractivity contribution in [3.05, 3.63) is 29.8 Å². The van der Waals surface area contributed by atoms with Crippen LogP contribution in [0.3, 0.4) is 0 Å². The van der Waals surface area contributed by atoms with Gasteiger partial charge in [0.05, 0.1) is 19.3 Å². The van der Waals surface area contributed by atoms with E-state index in [1.54, 1.807) is 12.1 Å². The molecule has 2 rings (SSSR count). The molecule has 1 aliphatic heterocycles. The minimum Gasteiger partial charge on any atom is -0.508 e. The summed E-state index contributed by atoms with van der Waals surface area (Å²) in [6, 6.07) is 7.51. The Hall–Kier alpha value is -0.770. The number of benzene rings is 1. The largest absolute Gasteiger partial charge is 0.508 e. The Labute approximate surface area is 89.5 Å². The molecule has 1 heterocycles. The third kappa shape index (κ3) is 2.61. The van der Waals surface area contributed by atoms with Crippen molar-refractivity contribution in [3.63, 3.8) is 0 Å². The summed E-state index contributed by atoms with van der Waals surface area (Å²) in [7, 11) is 0. The fraction of sp³-hybridized carbons (Fsp3) is 0.400. The first-order valence-corrected chi connectivity index (χ1v) is 4.46. The molecule has 1 aromatic carbocycles. The van der Waals surface area contributed by atoms with E-state index in [0.717, 1.165) is 18.7 Å². The van der Waals surface area contributed by atoms with Crippen LogP contribution in [0.2, 0.25) is 0 Å². The number of hydrogen-bond donors (Lipinski definition) is 2. The van der Waals surface area contributed by atoms with Crippen molar-refractivity contribution in [1.82, 2.24) is 5.32 Å². The molecule has 14 heavy (non-hydrogen) atoms. The Morgan fingerprint density at radius 2 is 2.00 bits per heavy atom. The minimum absolute atomic E-state index is 0. The number of phenolic OH excluding ortho intramolecular Hbond substituents is 1. The molecular formula is C10H14ClNO2. The van der Waals surface area contributed by atoms with E-state index in [-0.39, 0.29) is 18.4 Å². The second-order valence-electron chi connectivity index (χ2n) is 3.17. The van der Waals surface area contributed by atoms with E-state index in [0.29, 0.717) is 12.4 Å². The van der Waals surface area contributed by atoms with Gasteiger partial charge in [-0.1, -0.05) is 12.1 Å². The van der Waals surface area contributed by atoms with Crippen LogP contribution >= 0.6 is 12.4 Å². The van der Waals surface area contributed by atoms with Gasteiger partial charge in [0.25, 0.3) is 0 Å². The standard InChI is InChI=1S/C10H13NO2.ClH/c12-9-3-1-8(2-4-9)10-7-13-6-5-11-10;/h1-4,10-12H,5-7H2;1H/t10-;/m0./s1. The number of nitrogens with one attached hydrogen (secondary N) is 1. The third-order valence-electron chi connectivity index (χ3n) is 2.22. The lowest BCUT2D eigenvalue weighted by atomic mass is 10.1. The first-order chi connectivity index (χ1) is 6.36. The van der Waals surface area contributed by atoms with Gasteiger partial charge in [-0.05, 0) is 17.7 Å². The van der Waals surface area contributed by atoms with Gasteiger partial charge in [-0.3, -0.25) is 0 Å². The van der Waals surface area contributed by atoms with E-state index in [4.69, 9.17) is 9.84 Å². The highest BCUT2D eigenvalue weighted by Gasteiger charge is 2.14. The van der Waals surface area contributed by atoms with Crippen LogP contribution in [0.1, 0.15) is 11.6 Å². The van der Waals surface area contributed by atoms with Crippen molar-refractivity contribution in [2.75, 3.05) is 19.8 Å². The van der Waals surface area contributed by atoms with Crippen molar-refractivity contribution < 1.29 is 9.84 Å². The molecule has 2 N–H and O–H groups in total. The smallest absolute Gasteiger partial charge is 0.115 e. The molecule has 1 saturated heterocycles. The fourth-order valence-corrected chi connectivity index (χ4v) is 1.49. The molecule has 0 aromatic heterocycles. The molecular weight excluding hydrogens is 202 g/mol. The molecule has 3 nitrogen and oxygen atoms in total. The molecule has 1 aliphatic rings. The average Bonchev–Trinajstić information content (AvgIpc) is 2.20. The summed E-state index contributed by atoms with van der Waals surface area (Å²) in [4.78, 5) is 0. The maximum atomic E-state index is 9.10. The van der Waals surface area contributed by atoms with Crippen molar-refractivity contribution in [2.45, 2.75) is 6.04 Å². The lowest BCUT2D eigenvalue weighted by Gasteiger charge is -2.24. The van der Waals surface area contributed by atoms with Crippen LogP contribution in [0.15, 0.2) is 24.3 Å². The molecule has 1 atom stereocenters. The second kappa shape index (κ2) is 5.20. The number of ether oxygens (including phenoxy) is 1. The minimum atomic E-state index is 0. The van der Waals surface area contributed by atoms with Gasteiger partial charge >= 0.3 is 0 Å². The fourth-order valence-electron chi connectivity index (χ4n) is 1.49. The predicted octanol–water partition coefficient (Wildman–Crippen LogP) is 1.47. The van der Waals surface area contributed by atoms with Gasteiger partial charge in [0.15, 0.2) is 0 Å². The zero-order chi connectivity index (χ0) is 9.10. The third-order valence-corrected chi connectivity index (χ3v) is 2.22. The normalized spacial score (nSPS) is 21.3. The highest BCUT2D eigenvalue weighted by Crippen LogP contribution is 2.18. The van der Waals surface area contributed by atoms with E-state index in [1.165, 1.54) is 0 Å². The Kier molecular flexibility index (Phi) is 4.20. The Bertz CT molecular complexity index is 270. The van der Waals surface area contributed by atoms with Crippen LogP contribution in [0.5, 0.6) is 5.75 Å². The van der Waals surface area contributed by atoms with E-state index < -0.39 is 0 Å². The van der Waals surface area contributed by atoms with Gasteiger partial charge in [-0.25, -0.2) is 0 Å². The number of hydrogen-bond acceptors (Lipinski definition) is 3. The van der Waals surface area contributed by atoms with E-state index >= 15 is 0 Å².